The Balaban J connectivity index is 2.45. The van der Waals surface area contributed by atoms with E-state index in [0.717, 1.165) is 0 Å². The van der Waals surface area contributed by atoms with Gasteiger partial charge in [-0.05, 0) is 20.2 Å². The normalized spacial score (nSPS) is 27.2. The molecule has 1 saturated heterocycles. The molecule has 0 atom stereocenters. The lowest BCUT2D eigenvalue weighted by Gasteiger charge is -1.96. The second-order valence-electron chi connectivity index (χ2n) is 0.890. The summed E-state index contributed by atoms with van der Waals surface area (Å²) in [6.07, 6.45) is 0. The van der Waals surface area contributed by atoms with E-state index in [4.69, 9.17) is 4.89 Å². The molecule has 1 aliphatic heterocycles. The minimum atomic E-state index is -4.32. The van der Waals surface area contributed by atoms with Crippen molar-refractivity contribution in [3.63, 3.8) is 0 Å². The van der Waals surface area contributed by atoms with Gasteiger partial charge < -0.3 is 0 Å². The smallest absolute Gasteiger partial charge is 0.299 e. The van der Waals surface area contributed by atoms with Crippen molar-refractivity contribution in [2.45, 2.75) is 0 Å². The Hall–Kier alpha value is -0.0500. The van der Waals surface area contributed by atoms with Crippen molar-refractivity contribution in [2.24, 2.45) is 0 Å². The van der Waals surface area contributed by atoms with Crippen molar-refractivity contribution >= 4 is 7.82 Å². The van der Waals surface area contributed by atoms with Gasteiger partial charge in [-0.15, -0.1) is 0 Å². The molecule has 0 aliphatic carbocycles. The number of hydrogen-bond acceptors (Lipinski definition) is 7. The van der Waals surface area contributed by atoms with Crippen LogP contribution in [0.2, 0.25) is 0 Å². The number of hydrogen-bond donors (Lipinski definition) is 1. The first-order chi connectivity index (χ1) is 4.21. The van der Waals surface area contributed by atoms with E-state index in [0.29, 0.717) is 0 Å². The molecule has 54 valence electrons. The monoisotopic (exact) mass is 160 g/mol. The van der Waals surface area contributed by atoms with Crippen molar-refractivity contribution in [3.8, 4) is 0 Å². The van der Waals surface area contributed by atoms with Crippen molar-refractivity contribution in [3.05, 3.63) is 0 Å². The maximum atomic E-state index is 10.2. The first kappa shape index (κ1) is 7.06. The molecule has 8 nitrogen and oxygen atoms in total. The Morgan fingerprint density at radius 3 is 1.89 bits per heavy atom. The van der Waals surface area contributed by atoms with Gasteiger partial charge >= 0.3 is 7.82 Å². The van der Waals surface area contributed by atoms with Gasteiger partial charge in [0.2, 0.25) is 0 Å². The van der Waals surface area contributed by atoms with Crippen LogP contribution in [0, 0.1) is 0 Å². The highest BCUT2D eigenvalue weighted by Crippen LogP contribution is 2.44. The van der Waals surface area contributed by atoms with Crippen LogP contribution in [0.5, 0.6) is 0 Å². The van der Waals surface area contributed by atoms with Crippen LogP contribution in [-0.4, -0.2) is 4.89 Å². The lowest BCUT2D eigenvalue weighted by atomic mass is 14.2. The Kier molecular flexibility index (Phi) is 2.11. The molecule has 1 rings (SSSR count). The SMILES string of the molecule is O=P1(O)OOOOOO1. The molecule has 1 fully saturated rings. The van der Waals surface area contributed by atoms with Gasteiger partial charge in [0.15, 0.2) is 0 Å². The highest BCUT2D eigenvalue weighted by molar-refractivity contribution is 7.47. The van der Waals surface area contributed by atoms with Crippen LogP contribution in [0.15, 0.2) is 0 Å². The maximum Gasteiger partial charge on any atom is 0.531 e. The van der Waals surface area contributed by atoms with Crippen LogP contribution in [0.1, 0.15) is 0 Å². The molecule has 0 radical (unpaired) electrons. The average Bonchev–Trinajstić information content (AvgIpc) is 1.92. The topological polar surface area (TPSA) is 92.7 Å². The third-order valence-corrected chi connectivity index (χ3v) is 0.831. The minimum Gasteiger partial charge on any atom is -0.299 e. The number of rotatable bonds is 0. The number of phosphoric acid groups is 1. The molecule has 0 bridgehead atoms. The van der Waals surface area contributed by atoms with E-state index in [1.54, 1.807) is 0 Å². The predicted octanol–water partition coefficient (Wildman–Crippen LogP) is -0.225. The summed E-state index contributed by atoms with van der Waals surface area (Å²) in [5, 5.41) is 13.7. The summed E-state index contributed by atoms with van der Waals surface area (Å²) in [4.78, 5) is 8.26. The molecular formula is HO8P. The van der Waals surface area contributed by atoms with E-state index in [9.17, 15) is 4.57 Å². The van der Waals surface area contributed by atoms with E-state index in [2.05, 4.69) is 29.5 Å². The molecule has 0 saturated carbocycles. The second kappa shape index (κ2) is 2.69. The fraction of sp³-hybridized carbons (Fsp3) is 0. The van der Waals surface area contributed by atoms with Gasteiger partial charge in [0.1, 0.15) is 0 Å². The van der Waals surface area contributed by atoms with Crippen LogP contribution < -0.4 is 0 Å². The fourth-order valence-electron chi connectivity index (χ4n) is 0.137. The summed E-state index contributed by atoms with van der Waals surface area (Å²) < 4.78 is 17.2. The fourth-order valence-corrected chi connectivity index (χ4v) is 0.365. The highest BCUT2D eigenvalue weighted by atomic mass is 31.2. The molecule has 1 aliphatic rings. The van der Waals surface area contributed by atoms with Gasteiger partial charge in [-0.25, -0.2) is 4.57 Å². The Morgan fingerprint density at radius 2 is 1.44 bits per heavy atom. The molecule has 0 aromatic carbocycles. The Labute approximate surface area is 48.0 Å². The van der Waals surface area contributed by atoms with Gasteiger partial charge in [-0.1, -0.05) is 9.35 Å². The van der Waals surface area contributed by atoms with E-state index in [1.807, 2.05) is 0 Å². The molecular weight excluding hydrogens is 159 g/mol. The van der Waals surface area contributed by atoms with E-state index in [1.165, 1.54) is 0 Å². The summed E-state index contributed by atoms with van der Waals surface area (Å²) in [5.41, 5.74) is 0. The molecule has 0 amide bonds. The standard InChI is InChI=1S/HO8P/c1-9(2)7-5-3-4-6-8-9/h(H,1,2). The van der Waals surface area contributed by atoms with E-state index < -0.39 is 7.82 Å². The van der Waals surface area contributed by atoms with Crippen molar-refractivity contribution < 1.29 is 39.0 Å². The maximum absolute atomic E-state index is 10.2. The Bertz CT molecular complexity index is 115. The zero-order chi connectivity index (χ0) is 6.74. The lowest BCUT2D eigenvalue weighted by molar-refractivity contribution is -0.716. The summed E-state index contributed by atoms with van der Waals surface area (Å²) in [5.74, 6) is 0. The minimum absolute atomic E-state index is 3.42. The van der Waals surface area contributed by atoms with E-state index >= 15 is 0 Å². The van der Waals surface area contributed by atoms with Gasteiger partial charge in [0.05, 0.1) is 0 Å². The molecule has 0 aromatic rings. The molecule has 0 spiro atoms. The van der Waals surface area contributed by atoms with Crippen molar-refractivity contribution in [1.82, 2.24) is 0 Å². The first-order valence-electron chi connectivity index (χ1n) is 1.58. The third-order valence-electron chi connectivity index (χ3n) is 0.333. The molecule has 1 N–H and O–H groups in total. The summed E-state index contributed by atoms with van der Waals surface area (Å²) in [7, 11) is -4.32. The van der Waals surface area contributed by atoms with Crippen molar-refractivity contribution in [1.29, 1.82) is 0 Å². The quantitative estimate of drug-likeness (QED) is 0.383. The van der Waals surface area contributed by atoms with Crippen molar-refractivity contribution in [2.75, 3.05) is 0 Å². The summed E-state index contributed by atoms with van der Waals surface area (Å²) >= 11 is 0. The largest absolute Gasteiger partial charge is 0.531 e. The summed E-state index contributed by atoms with van der Waals surface area (Å²) in [6.45, 7) is 0. The predicted molar refractivity (Wildman–Crippen MR) is 16.3 cm³/mol. The van der Waals surface area contributed by atoms with Gasteiger partial charge in [-0.2, -0.15) is 0 Å². The molecule has 0 unspecified atom stereocenters. The average molecular weight is 160 g/mol. The lowest BCUT2D eigenvalue weighted by Crippen LogP contribution is -1.87. The zero-order valence-corrected chi connectivity index (χ0v) is 4.65. The molecule has 9 heteroatoms. The molecule has 9 heavy (non-hydrogen) atoms. The van der Waals surface area contributed by atoms with Gasteiger partial charge in [-0.3, -0.25) is 4.89 Å². The highest BCUT2D eigenvalue weighted by Gasteiger charge is 2.29. The van der Waals surface area contributed by atoms with Crippen LogP contribution >= 0.6 is 7.82 Å². The second-order valence-corrected chi connectivity index (χ2v) is 2.13. The van der Waals surface area contributed by atoms with Crippen LogP contribution in [0.25, 0.3) is 0 Å². The van der Waals surface area contributed by atoms with Gasteiger partial charge in [0.25, 0.3) is 0 Å². The Morgan fingerprint density at radius 1 is 1.00 bits per heavy atom. The molecule has 0 aromatic heterocycles. The van der Waals surface area contributed by atoms with Crippen LogP contribution in [0.4, 0.5) is 0 Å². The first-order valence-corrected chi connectivity index (χ1v) is 3.08. The van der Waals surface area contributed by atoms with Crippen LogP contribution in [-0.2, 0) is 34.1 Å². The van der Waals surface area contributed by atoms with Crippen LogP contribution in [0.3, 0.4) is 0 Å². The van der Waals surface area contributed by atoms with Gasteiger partial charge in [0, 0.05) is 0 Å². The zero-order valence-electron chi connectivity index (χ0n) is 3.75. The third kappa shape index (κ3) is 2.35. The van der Waals surface area contributed by atoms with E-state index in [-0.39, 0.29) is 0 Å². The molecule has 1 heterocycles. The summed E-state index contributed by atoms with van der Waals surface area (Å²) in [6, 6.07) is 0.